The summed E-state index contributed by atoms with van der Waals surface area (Å²) in [7, 11) is 0. The summed E-state index contributed by atoms with van der Waals surface area (Å²) >= 11 is 0. The monoisotopic (exact) mass is 316 g/mol. The minimum Gasteiger partial charge on any atom is -0.379 e. The van der Waals surface area contributed by atoms with E-state index in [1.54, 1.807) is 6.21 Å². The first kappa shape index (κ1) is 16.0. The van der Waals surface area contributed by atoms with E-state index >= 15 is 0 Å². The van der Waals surface area contributed by atoms with Crippen LogP contribution >= 0.6 is 0 Å². The van der Waals surface area contributed by atoms with Crippen LogP contribution in [-0.2, 0) is 9.53 Å². The molecule has 2 fully saturated rings. The van der Waals surface area contributed by atoms with Crippen LogP contribution in [0.25, 0.3) is 0 Å². The molecule has 0 aromatic heterocycles. The molecule has 2 aliphatic rings. The van der Waals surface area contributed by atoms with Crippen molar-refractivity contribution in [2.45, 2.75) is 12.8 Å². The summed E-state index contributed by atoms with van der Waals surface area (Å²) in [5, 5.41) is 4.04. The molecule has 0 saturated carbocycles. The number of anilines is 1. The molecule has 6 nitrogen and oxygen atoms in total. The molecule has 0 radical (unpaired) electrons. The molecule has 2 aliphatic heterocycles. The summed E-state index contributed by atoms with van der Waals surface area (Å²) in [5.74, 6) is -0.0863. The van der Waals surface area contributed by atoms with Crippen molar-refractivity contribution in [1.29, 1.82) is 0 Å². The quantitative estimate of drug-likeness (QED) is 0.652. The lowest BCUT2D eigenvalue weighted by Gasteiger charge is -2.25. The minimum atomic E-state index is -0.0863. The summed E-state index contributed by atoms with van der Waals surface area (Å²) in [6.45, 7) is 5.65. The largest absolute Gasteiger partial charge is 0.379 e. The number of carbonyl (C=O) groups is 1. The molecule has 1 N–H and O–H groups in total. The van der Waals surface area contributed by atoms with Crippen molar-refractivity contribution in [1.82, 2.24) is 10.3 Å². The first-order valence-electron chi connectivity index (χ1n) is 8.28. The van der Waals surface area contributed by atoms with Gasteiger partial charge >= 0.3 is 0 Å². The Hall–Kier alpha value is -1.92. The van der Waals surface area contributed by atoms with Gasteiger partial charge in [-0.2, -0.15) is 5.10 Å². The molecule has 1 amide bonds. The van der Waals surface area contributed by atoms with Crippen LogP contribution in [0.1, 0.15) is 18.4 Å². The van der Waals surface area contributed by atoms with Gasteiger partial charge in [0.15, 0.2) is 0 Å². The van der Waals surface area contributed by atoms with E-state index in [-0.39, 0.29) is 5.91 Å². The van der Waals surface area contributed by atoms with Gasteiger partial charge in [-0.15, -0.1) is 0 Å². The fourth-order valence-electron chi connectivity index (χ4n) is 2.92. The number of benzene rings is 1. The van der Waals surface area contributed by atoms with Crippen LogP contribution in [0.2, 0.25) is 0 Å². The Labute approximate surface area is 137 Å². The van der Waals surface area contributed by atoms with E-state index in [2.05, 4.69) is 32.5 Å². The number of hydrogen-bond acceptors (Lipinski definition) is 5. The number of nitrogens with zero attached hydrogens (tertiary/aromatic N) is 3. The van der Waals surface area contributed by atoms with Crippen LogP contribution in [0.4, 0.5) is 5.69 Å². The van der Waals surface area contributed by atoms with E-state index < -0.39 is 0 Å². The third kappa shape index (κ3) is 4.77. The lowest BCUT2D eigenvalue weighted by molar-refractivity contribution is -0.123. The van der Waals surface area contributed by atoms with Crippen molar-refractivity contribution in [2.24, 2.45) is 5.10 Å². The average molecular weight is 316 g/mol. The number of hydrogen-bond donors (Lipinski definition) is 1. The third-order valence-corrected chi connectivity index (χ3v) is 4.24. The predicted molar refractivity (Wildman–Crippen MR) is 90.9 cm³/mol. The fourth-order valence-corrected chi connectivity index (χ4v) is 2.92. The maximum atomic E-state index is 11.8. The molecular formula is C17H24N4O2. The molecule has 2 heterocycles. The topological polar surface area (TPSA) is 57.2 Å². The second-order valence-corrected chi connectivity index (χ2v) is 5.97. The highest BCUT2D eigenvalue weighted by molar-refractivity contribution is 5.83. The molecule has 0 atom stereocenters. The number of hydrazone groups is 1. The molecule has 1 aromatic carbocycles. The number of morpholine rings is 1. The summed E-state index contributed by atoms with van der Waals surface area (Å²) in [6, 6.07) is 8.29. The Bertz CT molecular complexity index is 532. The number of nitrogens with one attached hydrogen (secondary N) is 1. The number of rotatable bonds is 5. The third-order valence-electron chi connectivity index (χ3n) is 4.24. The van der Waals surface area contributed by atoms with E-state index in [1.807, 2.05) is 12.1 Å². The van der Waals surface area contributed by atoms with Crippen LogP contribution in [0.3, 0.4) is 0 Å². The van der Waals surface area contributed by atoms with E-state index in [4.69, 9.17) is 4.74 Å². The maximum absolute atomic E-state index is 11.8. The smallest absolute Gasteiger partial charge is 0.254 e. The van der Waals surface area contributed by atoms with Gasteiger partial charge < -0.3 is 9.64 Å². The lowest BCUT2D eigenvalue weighted by Crippen LogP contribution is -2.42. The van der Waals surface area contributed by atoms with Gasteiger partial charge in [-0.05, 0) is 30.5 Å². The molecule has 6 heteroatoms. The van der Waals surface area contributed by atoms with Crippen molar-refractivity contribution in [3.8, 4) is 0 Å². The highest BCUT2D eigenvalue weighted by atomic mass is 16.5. The molecule has 124 valence electrons. The first-order valence-corrected chi connectivity index (χ1v) is 8.28. The van der Waals surface area contributed by atoms with Crippen molar-refractivity contribution in [2.75, 3.05) is 50.8 Å². The van der Waals surface area contributed by atoms with Gasteiger partial charge in [0.2, 0.25) is 0 Å². The molecule has 1 aromatic rings. The minimum absolute atomic E-state index is 0.0863. The van der Waals surface area contributed by atoms with E-state index in [9.17, 15) is 4.79 Å². The molecule has 0 spiro atoms. The number of ether oxygens (including phenoxy) is 1. The highest BCUT2D eigenvalue weighted by Crippen LogP contribution is 2.19. The van der Waals surface area contributed by atoms with Crippen molar-refractivity contribution in [3.63, 3.8) is 0 Å². The van der Waals surface area contributed by atoms with Crippen LogP contribution in [0.15, 0.2) is 29.4 Å². The van der Waals surface area contributed by atoms with Crippen LogP contribution < -0.4 is 10.3 Å². The molecule has 0 unspecified atom stereocenters. The lowest BCUT2D eigenvalue weighted by atomic mass is 10.2. The van der Waals surface area contributed by atoms with Crippen molar-refractivity contribution < 1.29 is 9.53 Å². The average Bonchev–Trinajstić information content (AvgIpc) is 3.11. The molecule has 3 rings (SSSR count). The zero-order valence-electron chi connectivity index (χ0n) is 13.4. The van der Waals surface area contributed by atoms with Crippen LogP contribution in [0, 0.1) is 0 Å². The van der Waals surface area contributed by atoms with E-state index in [0.717, 1.165) is 31.7 Å². The van der Waals surface area contributed by atoms with Gasteiger partial charge in [-0.3, -0.25) is 9.69 Å². The Balaban J connectivity index is 1.44. The van der Waals surface area contributed by atoms with Crippen LogP contribution in [0.5, 0.6) is 0 Å². The van der Waals surface area contributed by atoms with E-state index in [1.165, 1.54) is 18.5 Å². The zero-order chi connectivity index (χ0) is 15.9. The molecule has 23 heavy (non-hydrogen) atoms. The predicted octanol–water partition coefficient (Wildman–Crippen LogP) is 1.07. The first-order chi connectivity index (χ1) is 11.3. The molecular weight excluding hydrogens is 292 g/mol. The summed E-state index contributed by atoms with van der Waals surface area (Å²) < 4.78 is 5.26. The van der Waals surface area contributed by atoms with E-state index in [0.29, 0.717) is 19.8 Å². The van der Waals surface area contributed by atoms with Gasteiger partial charge in [0.1, 0.15) is 0 Å². The van der Waals surface area contributed by atoms with Crippen molar-refractivity contribution in [3.05, 3.63) is 29.8 Å². The van der Waals surface area contributed by atoms with Gasteiger partial charge in [-0.1, -0.05) is 12.1 Å². The number of carbonyl (C=O) groups excluding carboxylic acids is 1. The Kier molecular flexibility index (Phi) is 5.60. The van der Waals surface area contributed by atoms with Crippen molar-refractivity contribution >= 4 is 17.8 Å². The SMILES string of the molecule is O=C(CN1CCOCC1)N/N=C/c1ccc(N2CCCC2)cc1. The van der Waals surface area contributed by atoms with Gasteiger partial charge in [0.05, 0.1) is 26.0 Å². The molecule has 2 saturated heterocycles. The zero-order valence-corrected chi connectivity index (χ0v) is 13.4. The second kappa shape index (κ2) is 8.08. The Morgan fingerprint density at radius 1 is 1.13 bits per heavy atom. The maximum Gasteiger partial charge on any atom is 0.254 e. The normalized spacial score (nSPS) is 19.4. The Morgan fingerprint density at radius 2 is 1.83 bits per heavy atom. The highest BCUT2D eigenvalue weighted by Gasteiger charge is 2.13. The summed E-state index contributed by atoms with van der Waals surface area (Å²) in [4.78, 5) is 16.3. The van der Waals surface area contributed by atoms with Crippen LogP contribution in [-0.4, -0.2) is 63.0 Å². The molecule has 0 aliphatic carbocycles. The fraction of sp³-hybridized carbons (Fsp3) is 0.529. The second-order valence-electron chi connectivity index (χ2n) is 5.97. The molecule has 0 bridgehead atoms. The number of amides is 1. The van der Waals surface area contributed by atoms with Gasteiger partial charge in [0, 0.05) is 31.9 Å². The Morgan fingerprint density at radius 3 is 2.52 bits per heavy atom. The van der Waals surface area contributed by atoms with Gasteiger partial charge in [0.25, 0.3) is 5.91 Å². The standard InChI is InChI=1S/C17H24N4O2/c22-17(14-20-9-11-23-12-10-20)19-18-13-15-3-5-16(6-4-15)21-7-1-2-8-21/h3-6,13H,1-2,7-12,14H2,(H,19,22)/b18-13+. The summed E-state index contributed by atoms with van der Waals surface area (Å²) in [6.07, 6.45) is 4.24. The van der Waals surface area contributed by atoms with Gasteiger partial charge in [-0.25, -0.2) is 5.43 Å². The summed E-state index contributed by atoms with van der Waals surface area (Å²) in [5.41, 5.74) is 4.83.